The van der Waals surface area contributed by atoms with Crippen molar-refractivity contribution in [3.8, 4) is 0 Å². The number of allylic oxidation sites excluding steroid dienone is 1. The molecule has 1 atom stereocenters. The Kier molecular flexibility index (Phi) is 5.24. The summed E-state index contributed by atoms with van der Waals surface area (Å²) in [7, 11) is 0. The Bertz CT molecular complexity index is 859. The standard InChI is InChI=1S/C20H21N3O2S2/c1-14-17(19(24)22-9-11-25-12-10-22)18(16-8-5-13-27-16)21-20(26)23(14)15-6-3-2-4-7-15/h2-8,13,18H,9-12H2,1H3,(H,21,26). The lowest BCUT2D eigenvalue weighted by Gasteiger charge is -2.39. The number of nitrogens with zero attached hydrogens (tertiary/aromatic N) is 2. The number of benzene rings is 1. The first-order valence-electron chi connectivity index (χ1n) is 8.93. The maximum Gasteiger partial charge on any atom is 0.254 e. The monoisotopic (exact) mass is 399 g/mol. The molecule has 1 amide bonds. The third-order valence-corrected chi connectivity index (χ3v) is 6.09. The SMILES string of the molecule is CC1=C(C(=O)N2CCOCC2)C(c2cccs2)NC(=S)N1c1ccccc1. The first-order chi connectivity index (χ1) is 13.2. The van der Waals surface area contributed by atoms with Crippen LogP contribution in [-0.2, 0) is 9.53 Å². The molecule has 2 aliphatic rings. The van der Waals surface area contributed by atoms with Crippen LogP contribution in [0.1, 0.15) is 17.8 Å². The number of rotatable bonds is 3. The first-order valence-corrected chi connectivity index (χ1v) is 10.2. The van der Waals surface area contributed by atoms with E-state index in [1.165, 1.54) is 0 Å². The van der Waals surface area contributed by atoms with E-state index in [0.717, 1.165) is 21.8 Å². The van der Waals surface area contributed by atoms with Crippen molar-refractivity contribution in [1.82, 2.24) is 10.2 Å². The minimum atomic E-state index is -0.229. The molecule has 1 unspecified atom stereocenters. The van der Waals surface area contributed by atoms with Gasteiger partial charge in [-0.2, -0.15) is 0 Å². The lowest BCUT2D eigenvalue weighted by molar-refractivity contribution is -0.131. The largest absolute Gasteiger partial charge is 0.378 e. The average molecular weight is 400 g/mol. The zero-order valence-corrected chi connectivity index (χ0v) is 16.7. The molecule has 1 aromatic heterocycles. The smallest absolute Gasteiger partial charge is 0.254 e. The number of morpholine rings is 1. The molecular formula is C20H21N3O2S2. The molecule has 140 valence electrons. The number of carbonyl (C=O) groups excluding carboxylic acids is 1. The van der Waals surface area contributed by atoms with Gasteiger partial charge >= 0.3 is 0 Å². The van der Waals surface area contributed by atoms with Crippen LogP contribution >= 0.6 is 23.6 Å². The number of hydrogen-bond donors (Lipinski definition) is 1. The van der Waals surface area contributed by atoms with Gasteiger partial charge in [0.25, 0.3) is 5.91 Å². The fraction of sp³-hybridized carbons (Fsp3) is 0.300. The van der Waals surface area contributed by atoms with E-state index in [9.17, 15) is 4.79 Å². The Morgan fingerprint density at radius 2 is 1.93 bits per heavy atom. The van der Waals surface area contributed by atoms with Crippen LogP contribution in [-0.4, -0.2) is 42.2 Å². The van der Waals surface area contributed by atoms with Gasteiger partial charge in [-0.1, -0.05) is 24.3 Å². The molecule has 1 N–H and O–H groups in total. The quantitative estimate of drug-likeness (QED) is 0.803. The second-order valence-electron chi connectivity index (χ2n) is 6.47. The zero-order valence-electron chi connectivity index (χ0n) is 15.1. The lowest BCUT2D eigenvalue weighted by atomic mass is 9.98. The van der Waals surface area contributed by atoms with Crippen molar-refractivity contribution >= 4 is 40.3 Å². The molecule has 0 aliphatic carbocycles. The summed E-state index contributed by atoms with van der Waals surface area (Å²) >= 11 is 7.30. The maximum atomic E-state index is 13.5. The van der Waals surface area contributed by atoms with E-state index in [2.05, 4.69) is 5.32 Å². The Hall–Kier alpha value is -2.22. The molecule has 1 saturated heterocycles. The second kappa shape index (κ2) is 7.80. The topological polar surface area (TPSA) is 44.8 Å². The van der Waals surface area contributed by atoms with Gasteiger partial charge in [0.05, 0.1) is 24.8 Å². The molecule has 2 aliphatic heterocycles. The predicted molar refractivity (Wildman–Crippen MR) is 112 cm³/mol. The zero-order chi connectivity index (χ0) is 18.8. The van der Waals surface area contributed by atoms with Gasteiger partial charge in [0.1, 0.15) is 0 Å². The number of carbonyl (C=O) groups is 1. The van der Waals surface area contributed by atoms with Crippen molar-refractivity contribution in [2.45, 2.75) is 13.0 Å². The van der Waals surface area contributed by atoms with E-state index in [1.54, 1.807) is 11.3 Å². The number of nitrogens with one attached hydrogen (secondary N) is 1. The number of thiocarbonyl (C=S) groups is 1. The van der Waals surface area contributed by atoms with Gasteiger partial charge in [-0.15, -0.1) is 11.3 Å². The normalized spacial score (nSPS) is 20.6. The second-order valence-corrected chi connectivity index (χ2v) is 7.84. The summed E-state index contributed by atoms with van der Waals surface area (Å²) in [6.45, 7) is 4.37. The maximum absolute atomic E-state index is 13.5. The van der Waals surface area contributed by atoms with Crippen molar-refractivity contribution in [3.05, 3.63) is 64.0 Å². The molecule has 0 spiro atoms. The molecule has 3 heterocycles. The van der Waals surface area contributed by atoms with Crippen LogP contribution in [0.2, 0.25) is 0 Å². The highest BCUT2D eigenvalue weighted by atomic mass is 32.1. The number of hydrogen-bond acceptors (Lipinski definition) is 4. The molecule has 2 aromatic rings. The number of thiophene rings is 1. The Labute approximate surface area is 168 Å². The van der Waals surface area contributed by atoms with Gasteiger partial charge in [0.15, 0.2) is 5.11 Å². The third kappa shape index (κ3) is 3.50. The molecule has 1 fully saturated rings. The molecule has 0 bridgehead atoms. The highest BCUT2D eigenvalue weighted by Crippen LogP contribution is 2.36. The van der Waals surface area contributed by atoms with Gasteiger partial charge in [-0.3, -0.25) is 9.69 Å². The van der Waals surface area contributed by atoms with Crippen LogP contribution in [0.3, 0.4) is 0 Å². The molecule has 4 rings (SSSR count). The van der Waals surface area contributed by atoms with E-state index in [-0.39, 0.29) is 11.9 Å². The van der Waals surface area contributed by atoms with Gasteiger partial charge in [0.2, 0.25) is 0 Å². The van der Waals surface area contributed by atoms with Gasteiger partial charge in [0, 0.05) is 29.4 Å². The average Bonchev–Trinajstić information content (AvgIpc) is 3.23. The molecule has 0 saturated carbocycles. The number of para-hydroxylation sites is 1. The molecule has 27 heavy (non-hydrogen) atoms. The fourth-order valence-electron chi connectivity index (χ4n) is 3.51. The van der Waals surface area contributed by atoms with Crippen LogP contribution in [0.25, 0.3) is 0 Å². The van der Waals surface area contributed by atoms with E-state index in [0.29, 0.717) is 31.4 Å². The third-order valence-electron chi connectivity index (χ3n) is 4.86. The Balaban J connectivity index is 1.79. The van der Waals surface area contributed by atoms with Crippen LogP contribution < -0.4 is 10.2 Å². The van der Waals surface area contributed by atoms with Crippen LogP contribution in [0.15, 0.2) is 59.1 Å². The molecule has 0 radical (unpaired) electrons. The molecule has 7 heteroatoms. The minimum Gasteiger partial charge on any atom is -0.378 e. The summed E-state index contributed by atoms with van der Waals surface area (Å²) < 4.78 is 5.42. The summed E-state index contributed by atoms with van der Waals surface area (Å²) in [6, 6.07) is 13.7. The van der Waals surface area contributed by atoms with Crippen molar-refractivity contribution in [2.75, 3.05) is 31.2 Å². The van der Waals surface area contributed by atoms with Crippen LogP contribution in [0.5, 0.6) is 0 Å². The molecule has 1 aromatic carbocycles. The van der Waals surface area contributed by atoms with Crippen molar-refractivity contribution in [2.24, 2.45) is 0 Å². The number of anilines is 1. The van der Waals surface area contributed by atoms with Gasteiger partial charge in [-0.25, -0.2) is 0 Å². The summed E-state index contributed by atoms with van der Waals surface area (Å²) in [4.78, 5) is 18.4. The van der Waals surface area contributed by atoms with Gasteiger partial charge < -0.3 is 15.0 Å². The fourth-order valence-corrected chi connectivity index (χ4v) is 4.66. The van der Waals surface area contributed by atoms with E-state index >= 15 is 0 Å². The Morgan fingerprint density at radius 3 is 2.59 bits per heavy atom. The van der Waals surface area contributed by atoms with Crippen molar-refractivity contribution in [3.63, 3.8) is 0 Å². The van der Waals surface area contributed by atoms with Crippen molar-refractivity contribution in [1.29, 1.82) is 0 Å². The first kappa shape index (κ1) is 18.2. The molecule has 5 nitrogen and oxygen atoms in total. The predicted octanol–water partition coefficient (Wildman–Crippen LogP) is 3.32. The number of amides is 1. The highest BCUT2D eigenvalue weighted by molar-refractivity contribution is 7.80. The minimum absolute atomic E-state index is 0.0464. The summed E-state index contributed by atoms with van der Waals surface area (Å²) in [6.07, 6.45) is 0. The summed E-state index contributed by atoms with van der Waals surface area (Å²) in [5, 5.41) is 6.03. The summed E-state index contributed by atoms with van der Waals surface area (Å²) in [5.74, 6) is 0.0464. The number of ether oxygens (including phenoxy) is 1. The van der Waals surface area contributed by atoms with E-state index in [1.807, 2.05) is 64.6 Å². The highest BCUT2D eigenvalue weighted by Gasteiger charge is 2.37. The van der Waals surface area contributed by atoms with Crippen molar-refractivity contribution < 1.29 is 9.53 Å². The van der Waals surface area contributed by atoms with Crippen LogP contribution in [0.4, 0.5) is 5.69 Å². The molecular weight excluding hydrogens is 378 g/mol. The van der Waals surface area contributed by atoms with E-state index < -0.39 is 0 Å². The lowest BCUT2D eigenvalue weighted by Crippen LogP contribution is -2.51. The van der Waals surface area contributed by atoms with Crippen LogP contribution in [0, 0.1) is 0 Å². The Morgan fingerprint density at radius 1 is 1.19 bits per heavy atom. The summed E-state index contributed by atoms with van der Waals surface area (Å²) in [5.41, 5.74) is 2.57. The van der Waals surface area contributed by atoms with E-state index in [4.69, 9.17) is 17.0 Å². The van der Waals surface area contributed by atoms with Gasteiger partial charge in [-0.05, 0) is 42.7 Å².